The average molecular weight is 225 g/mol. The van der Waals surface area contributed by atoms with Crippen molar-refractivity contribution >= 4 is 17.3 Å². The van der Waals surface area contributed by atoms with Gasteiger partial charge >= 0.3 is 5.69 Å². The van der Waals surface area contributed by atoms with E-state index < -0.39 is 4.92 Å². The molecule has 0 aliphatic carbocycles. The predicted molar refractivity (Wildman–Crippen MR) is 53.0 cm³/mol. The second-order valence-electron chi connectivity index (χ2n) is 2.74. The molecule has 0 unspecified atom stereocenters. The molecule has 2 heterocycles. The molecular weight excluding hydrogens is 220 g/mol. The van der Waals surface area contributed by atoms with Gasteiger partial charge in [-0.2, -0.15) is 5.10 Å². The number of rotatable bonds is 2. The zero-order valence-corrected chi connectivity index (χ0v) is 8.13. The lowest BCUT2D eigenvalue weighted by Gasteiger charge is -1.98. The van der Waals surface area contributed by atoms with Crippen LogP contribution in [0.3, 0.4) is 0 Å². The molecule has 0 atom stereocenters. The second-order valence-corrected chi connectivity index (χ2v) is 3.13. The Morgan fingerprint density at radius 2 is 2.20 bits per heavy atom. The Bertz CT molecular complexity index is 494. The molecule has 2 rings (SSSR count). The van der Waals surface area contributed by atoms with Crippen molar-refractivity contribution in [3.05, 3.63) is 46.0 Å². The minimum absolute atomic E-state index is 0.0649. The molecule has 0 radical (unpaired) electrons. The summed E-state index contributed by atoms with van der Waals surface area (Å²) in [6, 6.07) is 3.26. The molecular formula is C8H5ClN4O2. The van der Waals surface area contributed by atoms with E-state index in [1.807, 2.05) is 0 Å². The number of halogens is 1. The van der Waals surface area contributed by atoms with Gasteiger partial charge in [-0.1, -0.05) is 11.6 Å². The molecule has 0 spiro atoms. The molecule has 0 fully saturated rings. The first kappa shape index (κ1) is 9.60. The predicted octanol–water partition coefficient (Wildman–Crippen LogP) is 1.83. The number of aromatic nitrogens is 3. The van der Waals surface area contributed by atoms with E-state index >= 15 is 0 Å². The Balaban J connectivity index is 2.37. The minimum Gasteiger partial charge on any atom is -0.258 e. The lowest BCUT2D eigenvalue weighted by Crippen LogP contribution is -1.94. The van der Waals surface area contributed by atoms with Crippen molar-refractivity contribution in [3.8, 4) is 5.69 Å². The summed E-state index contributed by atoms with van der Waals surface area (Å²) in [5.41, 5.74) is 0.553. The summed E-state index contributed by atoms with van der Waals surface area (Å²) in [6.07, 6.45) is 3.97. The van der Waals surface area contributed by atoms with Gasteiger partial charge in [-0.25, -0.2) is 9.67 Å². The van der Waals surface area contributed by atoms with Crippen molar-refractivity contribution in [2.24, 2.45) is 0 Å². The third-order valence-electron chi connectivity index (χ3n) is 1.76. The molecule has 0 aliphatic rings. The summed E-state index contributed by atoms with van der Waals surface area (Å²) in [6.45, 7) is 0. The van der Waals surface area contributed by atoms with Gasteiger partial charge in [0.05, 0.1) is 16.8 Å². The molecule has 15 heavy (non-hydrogen) atoms. The van der Waals surface area contributed by atoms with Gasteiger partial charge in [-0.15, -0.1) is 0 Å². The van der Waals surface area contributed by atoms with Gasteiger partial charge < -0.3 is 0 Å². The third-order valence-corrected chi connectivity index (χ3v) is 1.98. The number of nitrogens with zero attached hydrogens (tertiary/aromatic N) is 4. The van der Waals surface area contributed by atoms with Crippen molar-refractivity contribution in [1.82, 2.24) is 14.8 Å². The van der Waals surface area contributed by atoms with Crippen molar-refractivity contribution in [2.75, 3.05) is 0 Å². The Hall–Kier alpha value is -1.95. The third kappa shape index (κ3) is 1.94. The first-order chi connectivity index (χ1) is 7.16. The number of pyridine rings is 1. The second kappa shape index (κ2) is 3.66. The van der Waals surface area contributed by atoms with Crippen LogP contribution in [0.4, 0.5) is 5.69 Å². The fraction of sp³-hybridized carbons (Fsp3) is 0. The molecule has 2 aromatic rings. The summed E-state index contributed by atoms with van der Waals surface area (Å²) in [5, 5.41) is 14.6. The smallest absolute Gasteiger partial charge is 0.258 e. The molecule has 76 valence electrons. The van der Waals surface area contributed by atoms with Crippen molar-refractivity contribution in [2.45, 2.75) is 0 Å². The van der Waals surface area contributed by atoms with Crippen molar-refractivity contribution in [3.63, 3.8) is 0 Å². The lowest BCUT2D eigenvalue weighted by atomic mass is 10.4. The summed E-state index contributed by atoms with van der Waals surface area (Å²) < 4.78 is 1.36. The van der Waals surface area contributed by atoms with E-state index in [0.29, 0.717) is 10.8 Å². The molecule has 0 saturated heterocycles. The van der Waals surface area contributed by atoms with Gasteiger partial charge in [0.25, 0.3) is 0 Å². The highest BCUT2D eigenvalue weighted by atomic mass is 35.5. The molecule has 0 saturated carbocycles. The van der Waals surface area contributed by atoms with Gasteiger partial charge in [0.2, 0.25) is 0 Å². The Kier molecular flexibility index (Phi) is 2.34. The largest absolute Gasteiger partial charge is 0.307 e. The van der Waals surface area contributed by atoms with E-state index in [1.165, 1.54) is 23.3 Å². The zero-order valence-electron chi connectivity index (χ0n) is 7.37. The Morgan fingerprint density at radius 1 is 1.40 bits per heavy atom. The van der Waals surface area contributed by atoms with E-state index in [2.05, 4.69) is 10.1 Å². The maximum absolute atomic E-state index is 10.4. The number of hydrogen-bond acceptors (Lipinski definition) is 4. The van der Waals surface area contributed by atoms with Crippen LogP contribution in [0, 0.1) is 10.1 Å². The van der Waals surface area contributed by atoms with Gasteiger partial charge in [0.15, 0.2) is 0 Å². The SMILES string of the molecule is O=[N+]([O-])c1cnn(-c2ccc(Cl)nc2)c1. The van der Waals surface area contributed by atoms with E-state index in [0.717, 1.165) is 0 Å². The quantitative estimate of drug-likeness (QED) is 0.443. The topological polar surface area (TPSA) is 73.8 Å². The molecule has 7 heteroatoms. The molecule has 0 aromatic carbocycles. The molecule has 0 amide bonds. The molecule has 0 aliphatic heterocycles. The van der Waals surface area contributed by atoms with Gasteiger partial charge in [-0.05, 0) is 12.1 Å². The first-order valence-electron chi connectivity index (χ1n) is 3.98. The van der Waals surface area contributed by atoms with Crippen molar-refractivity contribution < 1.29 is 4.92 Å². The van der Waals surface area contributed by atoms with E-state index in [4.69, 9.17) is 11.6 Å². The van der Waals surface area contributed by atoms with Crippen LogP contribution < -0.4 is 0 Å². The maximum Gasteiger partial charge on any atom is 0.307 e. The van der Waals surface area contributed by atoms with E-state index in [9.17, 15) is 10.1 Å². The standard InChI is InChI=1S/C8H5ClN4O2/c9-8-2-1-6(3-10-8)12-5-7(4-11-12)13(14)15/h1-5H. The van der Waals surface area contributed by atoms with Crippen LogP contribution >= 0.6 is 11.6 Å². The molecule has 2 aromatic heterocycles. The van der Waals surface area contributed by atoms with Crippen LogP contribution in [0.2, 0.25) is 5.15 Å². The van der Waals surface area contributed by atoms with Crippen LogP contribution in [0.1, 0.15) is 0 Å². The van der Waals surface area contributed by atoms with Crippen LogP contribution in [0.25, 0.3) is 5.69 Å². The number of hydrogen-bond donors (Lipinski definition) is 0. The Morgan fingerprint density at radius 3 is 2.73 bits per heavy atom. The van der Waals surface area contributed by atoms with Gasteiger partial charge in [0.1, 0.15) is 17.5 Å². The first-order valence-corrected chi connectivity index (χ1v) is 4.35. The number of nitro groups is 1. The summed E-state index contributed by atoms with van der Waals surface area (Å²) in [4.78, 5) is 13.8. The van der Waals surface area contributed by atoms with Crippen LogP contribution in [0.5, 0.6) is 0 Å². The average Bonchev–Trinajstić information content (AvgIpc) is 2.68. The maximum atomic E-state index is 10.4. The summed E-state index contributed by atoms with van der Waals surface area (Å²) >= 11 is 5.61. The fourth-order valence-corrected chi connectivity index (χ4v) is 1.16. The van der Waals surface area contributed by atoms with Crippen molar-refractivity contribution in [1.29, 1.82) is 0 Å². The van der Waals surface area contributed by atoms with E-state index in [-0.39, 0.29) is 5.69 Å². The summed E-state index contributed by atoms with van der Waals surface area (Å²) in [7, 11) is 0. The highest BCUT2D eigenvalue weighted by Crippen LogP contribution is 2.13. The highest BCUT2D eigenvalue weighted by molar-refractivity contribution is 6.29. The zero-order chi connectivity index (χ0) is 10.8. The van der Waals surface area contributed by atoms with Gasteiger partial charge in [-0.3, -0.25) is 10.1 Å². The van der Waals surface area contributed by atoms with Crippen LogP contribution in [-0.4, -0.2) is 19.7 Å². The lowest BCUT2D eigenvalue weighted by molar-refractivity contribution is -0.384. The van der Waals surface area contributed by atoms with Crippen LogP contribution in [-0.2, 0) is 0 Å². The van der Waals surface area contributed by atoms with Crippen LogP contribution in [0.15, 0.2) is 30.7 Å². The summed E-state index contributed by atoms with van der Waals surface area (Å²) in [5.74, 6) is 0. The van der Waals surface area contributed by atoms with E-state index in [1.54, 1.807) is 12.1 Å². The minimum atomic E-state index is -0.507. The fourth-order valence-electron chi connectivity index (χ4n) is 1.05. The van der Waals surface area contributed by atoms with Gasteiger partial charge in [0, 0.05) is 0 Å². The molecule has 0 N–H and O–H groups in total. The monoisotopic (exact) mass is 224 g/mol. The normalized spacial score (nSPS) is 10.2. The Labute approximate surface area is 89.3 Å². The highest BCUT2D eigenvalue weighted by Gasteiger charge is 2.09. The molecule has 6 nitrogen and oxygen atoms in total. The molecule has 0 bridgehead atoms.